The summed E-state index contributed by atoms with van der Waals surface area (Å²) in [4.78, 5) is 20.9. The van der Waals surface area contributed by atoms with Crippen LogP contribution in [-0.4, -0.2) is 30.3 Å². The van der Waals surface area contributed by atoms with E-state index in [2.05, 4.69) is 20.0 Å². The van der Waals surface area contributed by atoms with E-state index in [0.29, 0.717) is 17.0 Å². The van der Waals surface area contributed by atoms with Gasteiger partial charge in [-0.1, -0.05) is 43.5 Å². The Kier molecular flexibility index (Phi) is 7.10. The van der Waals surface area contributed by atoms with E-state index in [1.165, 1.54) is 24.5 Å². The maximum Gasteiger partial charge on any atom is 0.254 e. The lowest BCUT2D eigenvalue weighted by Crippen LogP contribution is -2.36. The van der Waals surface area contributed by atoms with E-state index in [-0.39, 0.29) is 23.0 Å². The maximum absolute atomic E-state index is 13.4. The van der Waals surface area contributed by atoms with E-state index in [0.717, 1.165) is 32.1 Å². The molecular formula is C24H25FN4O3S. The van der Waals surface area contributed by atoms with E-state index >= 15 is 0 Å². The summed E-state index contributed by atoms with van der Waals surface area (Å²) in [6.07, 6.45) is 7.67. The van der Waals surface area contributed by atoms with Crippen molar-refractivity contribution in [2.24, 2.45) is 0 Å². The summed E-state index contributed by atoms with van der Waals surface area (Å²) in [5.41, 5.74) is 1.42. The van der Waals surface area contributed by atoms with Gasteiger partial charge in [0, 0.05) is 30.5 Å². The molecule has 1 saturated carbocycles. The molecule has 1 amide bonds. The summed E-state index contributed by atoms with van der Waals surface area (Å²) in [5.74, 6) is -0.472. The molecule has 33 heavy (non-hydrogen) atoms. The van der Waals surface area contributed by atoms with Gasteiger partial charge in [0.2, 0.25) is 10.0 Å². The van der Waals surface area contributed by atoms with Gasteiger partial charge in [-0.05, 0) is 42.7 Å². The molecule has 1 aromatic heterocycles. The predicted molar refractivity (Wildman–Crippen MR) is 122 cm³/mol. The average molecular weight is 469 g/mol. The second-order valence-corrected chi connectivity index (χ2v) is 9.81. The smallest absolute Gasteiger partial charge is 0.254 e. The summed E-state index contributed by atoms with van der Waals surface area (Å²) in [7, 11) is -3.62. The summed E-state index contributed by atoms with van der Waals surface area (Å²) >= 11 is 0. The van der Waals surface area contributed by atoms with Crippen molar-refractivity contribution in [2.75, 3.05) is 0 Å². The molecule has 1 aliphatic carbocycles. The standard InChI is InChI=1S/C24H25FN4O3S/c25-20-8-5-7-18(13-20)23-26-15-19(16-27-23)24(30)28-14-17-6-4-11-22(12-17)33(31,32)29-21-9-2-1-3-10-21/h4-8,11-13,15-16,21,29H,1-3,9-10,14H2,(H,28,30). The van der Waals surface area contributed by atoms with Crippen LogP contribution in [0.1, 0.15) is 48.0 Å². The molecule has 1 heterocycles. The largest absolute Gasteiger partial charge is 0.348 e. The van der Waals surface area contributed by atoms with Crippen molar-refractivity contribution in [3.05, 3.63) is 77.9 Å². The highest BCUT2D eigenvalue weighted by Gasteiger charge is 2.22. The second kappa shape index (κ2) is 10.2. The molecule has 1 fully saturated rings. The summed E-state index contributed by atoms with van der Waals surface area (Å²) in [6.45, 7) is 0.150. The van der Waals surface area contributed by atoms with Gasteiger partial charge in [-0.25, -0.2) is 27.5 Å². The Labute approximate surface area is 192 Å². The minimum absolute atomic E-state index is 0.0255. The molecule has 0 radical (unpaired) electrons. The van der Waals surface area contributed by atoms with Crippen LogP contribution in [0.15, 0.2) is 65.8 Å². The zero-order valence-corrected chi connectivity index (χ0v) is 18.8. The van der Waals surface area contributed by atoms with E-state index < -0.39 is 21.7 Å². The van der Waals surface area contributed by atoms with Crippen LogP contribution >= 0.6 is 0 Å². The summed E-state index contributed by atoms with van der Waals surface area (Å²) in [5, 5.41) is 2.75. The van der Waals surface area contributed by atoms with Gasteiger partial charge in [-0.2, -0.15) is 0 Å². The first-order valence-electron chi connectivity index (χ1n) is 10.9. The molecule has 0 atom stereocenters. The highest BCUT2D eigenvalue weighted by Crippen LogP contribution is 2.20. The molecule has 2 N–H and O–H groups in total. The first kappa shape index (κ1) is 23.0. The average Bonchev–Trinajstić information content (AvgIpc) is 2.83. The Morgan fingerprint density at radius 2 is 1.73 bits per heavy atom. The van der Waals surface area contributed by atoms with Crippen LogP contribution < -0.4 is 10.0 Å². The number of carbonyl (C=O) groups excluding carboxylic acids is 1. The zero-order valence-electron chi connectivity index (χ0n) is 18.0. The van der Waals surface area contributed by atoms with Gasteiger partial charge in [-0.15, -0.1) is 0 Å². The summed E-state index contributed by atoms with van der Waals surface area (Å²) in [6, 6.07) is 12.4. The van der Waals surface area contributed by atoms with Crippen molar-refractivity contribution in [3.8, 4) is 11.4 Å². The molecular weight excluding hydrogens is 443 g/mol. The number of hydrogen-bond acceptors (Lipinski definition) is 5. The van der Waals surface area contributed by atoms with Crippen molar-refractivity contribution in [2.45, 2.75) is 49.6 Å². The highest BCUT2D eigenvalue weighted by molar-refractivity contribution is 7.89. The fourth-order valence-electron chi connectivity index (χ4n) is 3.84. The minimum atomic E-state index is -3.62. The number of hydrogen-bond donors (Lipinski definition) is 2. The van der Waals surface area contributed by atoms with Gasteiger partial charge in [-0.3, -0.25) is 4.79 Å². The molecule has 2 aromatic carbocycles. The number of carbonyl (C=O) groups is 1. The predicted octanol–water partition coefficient (Wildman–Crippen LogP) is 3.82. The Hall–Kier alpha value is -3.17. The van der Waals surface area contributed by atoms with E-state index in [9.17, 15) is 17.6 Å². The number of rotatable bonds is 7. The third-order valence-corrected chi connectivity index (χ3v) is 7.10. The Bertz CT molecular complexity index is 1230. The molecule has 0 bridgehead atoms. The van der Waals surface area contributed by atoms with Crippen LogP contribution in [-0.2, 0) is 16.6 Å². The monoisotopic (exact) mass is 468 g/mol. The van der Waals surface area contributed by atoms with Crippen LogP contribution in [0.25, 0.3) is 11.4 Å². The van der Waals surface area contributed by atoms with E-state index in [4.69, 9.17) is 0 Å². The second-order valence-electron chi connectivity index (χ2n) is 8.09. The Morgan fingerprint density at radius 1 is 1.00 bits per heavy atom. The lowest BCUT2D eigenvalue weighted by molar-refractivity contribution is 0.0950. The van der Waals surface area contributed by atoms with Gasteiger partial charge < -0.3 is 5.32 Å². The van der Waals surface area contributed by atoms with Crippen molar-refractivity contribution < 1.29 is 17.6 Å². The van der Waals surface area contributed by atoms with Crippen molar-refractivity contribution in [1.82, 2.24) is 20.0 Å². The number of nitrogens with one attached hydrogen (secondary N) is 2. The number of sulfonamides is 1. The van der Waals surface area contributed by atoms with Gasteiger partial charge in [0.25, 0.3) is 5.91 Å². The van der Waals surface area contributed by atoms with Gasteiger partial charge in [0.15, 0.2) is 5.82 Å². The zero-order chi connectivity index (χ0) is 23.3. The van der Waals surface area contributed by atoms with Crippen LogP contribution in [0.4, 0.5) is 4.39 Å². The minimum Gasteiger partial charge on any atom is -0.348 e. The van der Waals surface area contributed by atoms with Crippen molar-refractivity contribution >= 4 is 15.9 Å². The molecule has 0 unspecified atom stereocenters. The number of aromatic nitrogens is 2. The van der Waals surface area contributed by atoms with Gasteiger partial charge >= 0.3 is 0 Å². The first-order valence-corrected chi connectivity index (χ1v) is 12.4. The lowest BCUT2D eigenvalue weighted by atomic mass is 9.96. The molecule has 7 nitrogen and oxygen atoms in total. The number of halogens is 1. The van der Waals surface area contributed by atoms with E-state index in [1.807, 2.05) is 0 Å². The molecule has 9 heteroatoms. The molecule has 172 valence electrons. The maximum atomic E-state index is 13.4. The number of amides is 1. The van der Waals surface area contributed by atoms with Gasteiger partial charge in [0.05, 0.1) is 10.5 Å². The lowest BCUT2D eigenvalue weighted by Gasteiger charge is -2.22. The SMILES string of the molecule is O=C(NCc1cccc(S(=O)(=O)NC2CCCCC2)c1)c1cnc(-c2cccc(F)c2)nc1. The Morgan fingerprint density at radius 3 is 2.45 bits per heavy atom. The van der Waals surface area contributed by atoms with Crippen LogP contribution in [0.3, 0.4) is 0 Å². The fourth-order valence-corrected chi connectivity index (χ4v) is 5.21. The number of benzene rings is 2. The molecule has 4 rings (SSSR count). The van der Waals surface area contributed by atoms with Crippen LogP contribution in [0.2, 0.25) is 0 Å². The van der Waals surface area contributed by atoms with Crippen molar-refractivity contribution in [3.63, 3.8) is 0 Å². The Balaban J connectivity index is 1.38. The quantitative estimate of drug-likeness (QED) is 0.549. The normalized spacial score (nSPS) is 14.7. The fraction of sp³-hybridized carbons (Fsp3) is 0.292. The molecule has 0 aliphatic heterocycles. The first-order chi connectivity index (χ1) is 15.9. The summed E-state index contributed by atoms with van der Waals surface area (Å²) < 4.78 is 41.7. The van der Waals surface area contributed by atoms with Crippen LogP contribution in [0, 0.1) is 5.82 Å². The molecule has 0 spiro atoms. The molecule has 0 saturated heterocycles. The third kappa shape index (κ3) is 6.00. The highest BCUT2D eigenvalue weighted by atomic mass is 32.2. The van der Waals surface area contributed by atoms with Crippen LogP contribution in [0.5, 0.6) is 0 Å². The molecule has 3 aromatic rings. The molecule has 1 aliphatic rings. The van der Waals surface area contributed by atoms with Gasteiger partial charge in [0.1, 0.15) is 5.82 Å². The topological polar surface area (TPSA) is 101 Å². The third-order valence-electron chi connectivity index (χ3n) is 5.59. The van der Waals surface area contributed by atoms with E-state index in [1.54, 1.807) is 36.4 Å². The number of nitrogens with zero attached hydrogens (tertiary/aromatic N) is 2. The van der Waals surface area contributed by atoms with Crippen molar-refractivity contribution in [1.29, 1.82) is 0 Å².